The van der Waals surface area contributed by atoms with E-state index >= 15 is 0 Å². The Kier molecular flexibility index (Phi) is 7.36. The summed E-state index contributed by atoms with van der Waals surface area (Å²) in [6, 6.07) is 9.96. The van der Waals surface area contributed by atoms with E-state index in [1.807, 2.05) is 68.4 Å². The number of hydrogen-bond donors (Lipinski definition) is 2. The zero-order valence-corrected chi connectivity index (χ0v) is 16.8. The Balaban J connectivity index is 1.87. The van der Waals surface area contributed by atoms with Gasteiger partial charge in [0.1, 0.15) is 0 Å². The second-order valence-corrected chi connectivity index (χ2v) is 7.65. The standard InChI is InChI=1S/C20H27N3O2S/c1-5-23(12-17-10-7-11-26-17)19(25)14-22(4)13-18(24)21-20-15(2)8-6-9-16(20)3/h6-11H,5,12-14H2,1-4H3,(H,21,24)/p+1. The van der Waals surface area contributed by atoms with Crippen LogP contribution in [0.1, 0.15) is 22.9 Å². The minimum absolute atomic E-state index is 0.0678. The maximum absolute atomic E-state index is 12.5. The number of thiophene rings is 1. The fraction of sp³-hybridized carbons (Fsp3) is 0.400. The van der Waals surface area contributed by atoms with Crippen molar-refractivity contribution in [3.8, 4) is 0 Å². The van der Waals surface area contributed by atoms with E-state index in [9.17, 15) is 9.59 Å². The molecule has 2 aromatic rings. The molecule has 0 aliphatic rings. The van der Waals surface area contributed by atoms with Gasteiger partial charge in [0, 0.05) is 17.1 Å². The van der Waals surface area contributed by atoms with Gasteiger partial charge in [0.05, 0.1) is 13.6 Å². The number of aryl methyl sites for hydroxylation is 2. The largest absolute Gasteiger partial charge is 0.333 e. The van der Waals surface area contributed by atoms with Crippen molar-refractivity contribution in [3.05, 3.63) is 51.7 Å². The van der Waals surface area contributed by atoms with Crippen LogP contribution in [0, 0.1) is 13.8 Å². The molecule has 140 valence electrons. The number of quaternary nitrogens is 1. The molecule has 0 bridgehead atoms. The minimum Gasteiger partial charge on any atom is -0.333 e. The molecule has 2 rings (SSSR count). The summed E-state index contributed by atoms with van der Waals surface area (Å²) in [5.41, 5.74) is 2.95. The first kappa shape index (κ1) is 20.1. The number of anilines is 1. The number of carbonyl (C=O) groups is 2. The Bertz CT molecular complexity index is 723. The smallest absolute Gasteiger partial charge is 0.279 e. The van der Waals surface area contributed by atoms with E-state index in [2.05, 4.69) is 5.32 Å². The number of nitrogens with one attached hydrogen (secondary N) is 2. The van der Waals surface area contributed by atoms with Crippen LogP contribution >= 0.6 is 11.3 Å². The number of nitrogens with zero attached hydrogens (tertiary/aromatic N) is 1. The normalized spacial score (nSPS) is 11.8. The molecule has 26 heavy (non-hydrogen) atoms. The van der Waals surface area contributed by atoms with Gasteiger partial charge in [-0.05, 0) is 43.3 Å². The molecule has 1 unspecified atom stereocenters. The molecule has 2 N–H and O–H groups in total. The molecule has 1 atom stereocenters. The highest BCUT2D eigenvalue weighted by Crippen LogP contribution is 2.18. The van der Waals surface area contributed by atoms with Crippen LogP contribution < -0.4 is 10.2 Å². The Morgan fingerprint density at radius 1 is 1.12 bits per heavy atom. The number of para-hydroxylation sites is 1. The number of amides is 2. The van der Waals surface area contributed by atoms with Crippen molar-refractivity contribution in [2.75, 3.05) is 32.0 Å². The number of benzene rings is 1. The number of hydrogen-bond acceptors (Lipinski definition) is 3. The van der Waals surface area contributed by atoms with Crippen LogP contribution in [-0.2, 0) is 16.1 Å². The molecule has 0 aliphatic carbocycles. The van der Waals surface area contributed by atoms with E-state index in [0.717, 1.165) is 21.7 Å². The van der Waals surface area contributed by atoms with Gasteiger partial charge in [-0.2, -0.15) is 0 Å². The fourth-order valence-electron chi connectivity index (χ4n) is 2.87. The lowest BCUT2D eigenvalue weighted by Crippen LogP contribution is -3.11. The van der Waals surface area contributed by atoms with Gasteiger partial charge in [-0.1, -0.05) is 24.3 Å². The molecular weight excluding hydrogens is 346 g/mol. The van der Waals surface area contributed by atoms with Gasteiger partial charge in [0.2, 0.25) is 0 Å². The van der Waals surface area contributed by atoms with Crippen molar-refractivity contribution >= 4 is 28.8 Å². The second-order valence-electron chi connectivity index (χ2n) is 6.61. The lowest BCUT2D eigenvalue weighted by atomic mass is 10.1. The topological polar surface area (TPSA) is 53.9 Å². The first-order chi connectivity index (χ1) is 12.4. The van der Waals surface area contributed by atoms with Gasteiger partial charge < -0.3 is 15.1 Å². The summed E-state index contributed by atoms with van der Waals surface area (Å²) in [5, 5.41) is 5.00. The Labute approximate surface area is 159 Å². The molecule has 0 saturated heterocycles. The third-order valence-corrected chi connectivity index (χ3v) is 5.18. The molecule has 0 spiro atoms. The van der Waals surface area contributed by atoms with E-state index in [1.54, 1.807) is 11.3 Å². The molecule has 2 amide bonds. The van der Waals surface area contributed by atoms with E-state index in [-0.39, 0.29) is 18.4 Å². The van der Waals surface area contributed by atoms with Crippen LogP contribution in [-0.4, -0.2) is 43.4 Å². The summed E-state index contributed by atoms with van der Waals surface area (Å²) in [7, 11) is 1.88. The van der Waals surface area contributed by atoms with Gasteiger partial charge >= 0.3 is 0 Å². The Hall–Kier alpha value is -2.18. The maximum atomic E-state index is 12.5. The highest BCUT2D eigenvalue weighted by molar-refractivity contribution is 7.09. The summed E-state index contributed by atoms with van der Waals surface area (Å²) in [5.74, 6) is -0.00715. The van der Waals surface area contributed by atoms with Crippen LogP contribution in [0.3, 0.4) is 0 Å². The zero-order valence-electron chi connectivity index (χ0n) is 16.0. The van der Waals surface area contributed by atoms with Crippen molar-refractivity contribution in [1.82, 2.24) is 4.90 Å². The first-order valence-electron chi connectivity index (χ1n) is 8.88. The number of likely N-dealkylation sites (N-methyl/N-ethyl adjacent to an activating group) is 2. The van der Waals surface area contributed by atoms with E-state index in [0.29, 0.717) is 19.6 Å². The quantitative estimate of drug-likeness (QED) is 0.741. The van der Waals surface area contributed by atoms with Gasteiger partial charge in [-0.25, -0.2) is 0 Å². The lowest BCUT2D eigenvalue weighted by Gasteiger charge is -2.22. The van der Waals surface area contributed by atoms with Gasteiger partial charge in [-0.3, -0.25) is 9.59 Å². The predicted octanol–water partition coefficient (Wildman–Crippen LogP) is 1.87. The van der Waals surface area contributed by atoms with Crippen LogP contribution in [0.25, 0.3) is 0 Å². The van der Waals surface area contributed by atoms with E-state index in [4.69, 9.17) is 0 Å². The van der Waals surface area contributed by atoms with Crippen LogP contribution in [0.4, 0.5) is 5.69 Å². The fourth-order valence-corrected chi connectivity index (χ4v) is 3.59. The van der Waals surface area contributed by atoms with E-state index in [1.165, 1.54) is 4.88 Å². The van der Waals surface area contributed by atoms with Gasteiger partial charge in [-0.15, -0.1) is 11.3 Å². The molecule has 0 saturated carbocycles. The summed E-state index contributed by atoms with van der Waals surface area (Å²) < 4.78 is 0. The molecule has 1 aromatic heterocycles. The lowest BCUT2D eigenvalue weighted by molar-refractivity contribution is -0.862. The van der Waals surface area contributed by atoms with Gasteiger partial charge in [0.25, 0.3) is 11.8 Å². The molecule has 0 fully saturated rings. The van der Waals surface area contributed by atoms with Gasteiger partial charge in [0.15, 0.2) is 13.1 Å². The highest BCUT2D eigenvalue weighted by atomic mass is 32.1. The SMILES string of the molecule is CCN(Cc1cccs1)C(=O)C[NH+](C)CC(=O)Nc1c(C)cccc1C. The highest BCUT2D eigenvalue weighted by Gasteiger charge is 2.19. The van der Waals surface area contributed by atoms with Crippen LogP contribution in [0.5, 0.6) is 0 Å². The zero-order chi connectivity index (χ0) is 19.1. The average Bonchev–Trinajstić information content (AvgIpc) is 3.09. The van der Waals surface area contributed by atoms with Crippen molar-refractivity contribution in [2.24, 2.45) is 0 Å². The van der Waals surface area contributed by atoms with Crippen molar-refractivity contribution in [3.63, 3.8) is 0 Å². The molecule has 1 aromatic carbocycles. The number of rotatable bonds is 8. The van der Waals surface area contributed by atoms with Crippen molar-refractivity contribution < 1.29 is 14.5 Å². The third kappa shape index (κ3) is 5.68. The molecule has 5 nitrogen and oxygen atoms in total. The second kappa shape index (κ2) is 9.50. The maximum Gasteiger partial charge on any atom is 0.279 e. The number of carbonyl (C=O) groups excluding carboxylic acids is 2. The third-order valence-electron chi connectivity index (χ3n) is 4.32. The molecule has 6 heteroatoms. The van der Waals surface area contributed by atoms with Crippen molar-refractivity contribution in [2.45, 2.75) is 27.3 Å². The molecule has 0 aliphatic heterocycles. The summed E-state index contributed by atoms with van der Waals surface area (Å²) in [4.78, 5) is 28.8. The summed E-state index contributed by atoms with van der Waals surface area (Å²) in [6.45, 7) is 7.80. The summed E-state index contributed by atoms with van der Waals surface area (Å²) in [6.07, 6.45) is 0. The first-order valence-corrected chi connectivity index (χ1v) is 9.76. The monoisotopic (exact) mass is 374 g/mol. The van der Waals surface area contributed by atoms with Crippen LogP contribution in [0.2, 0.25) is 0 Å². The average molecular weight is 375 g/mol. The minimum atomic E-state index is -0.0750. The van der Waals surface area contributed by atoms with E-state index < -0.39 is 0 Å². The molecule has 0 radical (unpaired) electrons. The predicted molar refractivity (Wildman–Crippen MR) is 107 cm³/mol. The summed E-state index contributed by atoms with van der Waals surface area (Å²) >= 11 is 1.65. The molecule has 1 heterocycles. The van der Waals surface area contributed by atoms with Crippen LogP contribution in [0.15, 0.2) is 35.7 Å². The van der Waals surface area contributed by atoms with Crippen molar-refractivity contribution in [1.29, 1.82) is 0 Å². The molecular formula is C20H28N3O2S+. The Morgan fingerprint density at radius 3 is 2.38 bits per heavy atom. The Morgan fingerprint density at radius 2 is 1.81 bits per heavy atom.